The SMILES string of the molecule is CCCCCC/C=C\CCCCCCCC(=O)OCC(COP(=O)(O)OCC[N+](C)(C)C)OC(=O)CCCCCCCCCCCCCCCCCCCCCCCCC/C=C\CCCCCCCCCC. The molecule has 0 radical (unpaired) electrons. The molecule has 0 bridgehead atoms. The molecule has 0 aromatic heterocycles. The Labute approximate surface area is 447 Å². The second kappa shape index (κ2) is 54.3. The molecule has 0 saturated heterocycles. The zero-order chi connectivity index (χ0) is 52.7. The monoisotopic (exact) mass is 1040 g/mol. The number of hydrogen-bond acceptors (Lipinski definition) is 7. The quantitative estimate of drug-likeness (QED) is 0.0211. The average molecular weight is 1040 g/mol. The highest BCUT2D eigenvalue weighted by atomic mass is 31.2. The van der Waals surface area contributed by atoms with E-state index in [4.69, 9.17) is 18.5 Å². The molecule has 0 saturated carbocycles. The lowest BCUT2D eigenvalue weighted by Gasteiger charge is -2.24. The predicted octanol–water partition coefficient (Wildman–Crippen LogP) is 19.4. The van der Waals surface area contributed by atoms with Gasteiger partial charge in [0.2, 0.25) is 0 Å². The molecule has 0 aliphatic carbocycles. The molecular formula is C62H121NO8P+. The van der Waals surface area contributed by atoms with Gasteiger partial charge in [-0.05, 0) is 64.2 Å². The zero-order valence-electron chi connectivity index (χ0n) is 48.4. The van der Waals surface area contributed by atoms with Gasteiger partial charge in [-0.3, -0.25) is 18.6 Å². The number of carbonyl (C=O) groups excluding carboxylic acids is 2. The van der Waals surface area contributed by atoms with Crippen molar-refractivity contribution in [2.24, 2.45) is 0 Å². The Morgan fingerprint density at radius 1 is 0.417 bits per heavy atom. The summed E-state index contributed by atoms with van der Waals surface area (Å²) in [5, 5.41) is 0. The second-order valence-electron chi connectivity index (χ2n) is 22.4. The van der Waals surface area contributed by atoms with Gasteiger partial charge in [-0.15, -0.1) is 0 Å². The van der Waals surface area contributed by atoms with E-state index in [9.17, 15) is 19.0 Å². The largest absolute Gasteiger partial charge is 0.472 e. The molecule has 0 aromatic rings. The lowest BCUT2D eigenvalue weighted by molar-refractivity contribution is -0.870. The summed E-state index contributed by atoms with van der Waals surface area (Å²) < 4.78 is 34.5. The number of hydrogen-bond donors (Lipinski definition) is 1. The van der Waals surface area contributed by atoms with Gasteiger partial charge in [0, 0.05) is 12.8 Å². The summed E-state index contributed by atoms with van der Waals surface area (Å²) in [4.78, 5) is 35.6. The Morgan fingerprint density at radius 3 is 1.04 bits per heavy atom. The molecule has 9 nitrogen and oxygen atoms in total. The number of nitrogens with zero attached hydrogens (tertiary/aromatic N) is 1. The van der Waals surface area contributed by atoms with E-state index in [1.54, 1.807) is 0 Å². The Bertz CT molecular complexity index is 1270. The average Bonchev–Trinajstić information content (AvgIpc) is 3.34. The minimum Gasteiger partial charge on any atom is -0.462 e. The molecule has 0 rings (SSSR count). The number of esters is 2. The maximum absolute atomic E-state index is 12.8. The number of unbranched alkanes of at least 4 members (excludes halogenated alkanes) is 40. The highest BCUT2D eigenvalue weighted by Crippen LogP contribution is 2.43. The van der Waals surface area contributed by atoms with Crippen molar-refractivity contribution in [3.05, 3.63) is 24.3 Å². The van der Waals surface area contributed by atoms with Crippen molar-refractivity contribution in [3.8, 4) is 0 Å². The highest BCUT2D eigenvalue weighted by Gasteiger charge is 2.27. The van der Waals surface area contributed by atoms with Crippen molar-refractivity contribution >= 4 is 19.8 Å². The fraction of sp³-hybridized carbons (Fsp3) is 0.903. The number of allylic oxidation sites excluding steroid dienone is 4. The van der Waals surface area contributed by atoms with Crippen LogP contribution in [0.5, 0.6) is 0 Å². The van der Waals surface area contributed by atoms with Gasteiger partial charge in [-0.1, -0.05) is 256 Å². The summed E-state index contributed by atoms with van der Waals surface area (Å²) in [7, 11) is 1.49. The number of phosphoric acid groups is 1. The number of rotatable bonds is 58. The topological polar surface area (TPSA) is 108 Å². The minimum atomic E-state index is -4.38. The Balaban J connectivity index is 3.92. The van der Waals surface area contributed by atoms with Gasteiger partial charge < -0.3 is 18.9 Å². The molecule has 10 heteroatoms. The van der Waals surface area contributed by atoms with E-state index in [1.165, 1.54) is 225 Å². The highest BCUT2D eigenvalue weighted by molar-refractivity contribution is 7.47. The van der Waals surface area contributed by atoms with Crippen LogP contribution in [-0.4, -0.2) is 74.9 Å². The van der Waals surface area contributed by atoms with Crippen molar-refractivity contribution in [1.29, 1.82) is 0 Å². The summed E-state index contributed by atoms with van der Waals surface area (Å²) >= 11 is 0. The standard InChI is InChI=1S/C62H120NO8P/c1-6-8-10-12-14-16-18-20-21-22-23-24-25-26-27-28-29-30-31-32-33-34-35-36-37-38-39-40-41-43-45-47-49-51-53-55-62(65)71-60(59-70-72(66,67)69-57-56-63(3,4)5)58-68-61(64)54-52-50-48-46-44-42-19-17-15-13-11-9-7-2/h17,19,22-23,60H,6-16,18,20-21,24-59H2,1-5H3/p+1/b19-17-,23-22-. The van der Waals surface area contributed by atoms with Gasteiger partial charge >= 0.3 is 19.8 Å². The molecule has 426 valence electrons. The van der Waals surface area contributed by atoms with Crippen molar-refractivity contribution in [3.63, 3.8) is 0 Å². The Kier molecular flexibility index (Phi) is 53.1. The molecule has 0 heterocycles. The molecular weight excluding hydrogens is 918 g/mol. The van der Waals surface area contributed by atoms with Crippen LogP contribution in [0.2, 0.25) is 0 Å². The van der Waals surface area contributed by atoms with E-state index in [0.29, 0.717) is 17.4 Å². The van der Waals surface area contributed by atoms with Gasteiger partial charge in [0.25, 0.3) is 0 Å². The Hall–Kier alpha value is -1.51. The molecule has 1 N–H and O–H groups in total. The molecule has 0 aromatic carbocycles. The smallest absolute Gasteiger partial charge is 0.462 e. The first-order valence-corrected chi connectivity index (χ1v) is 32.6. The van der Waals surface area contributed by atoms with Crippen LogP contribution in [0.15, 0.2) is 24.3 Å². The van der Waals surface area contributed by atoms with Gasteiger partial charge in [-0.25, -0.2) is 4.57 Å². The van der Waals surface area contributed by atoms with Crippen LogP contribution >= 0.6 is 7.82 Å². The molecule has 0 fully saturated rings. The first-order valence-electron chi connectivity index (χ1n) is 31.1. The summed E-state index contributed by atoms with van der Waals surface area (Å²) in [6.45, 7) is 4.45. The van der Waals surface area contributed by atoms with E-state index in [2.05, 4.69) is 38.2 Å². The molecule has 72 heavy (non-hydrogen) atoms. The van der Waals surface area contributed by atoms with Crippen LogP contribution in [0.25, 0.3) is 0 Å². The van der Waals surface area contributed by atoms with Crippen LogP contribution in [0.1, 0.15) is 309 Å². The number of phosphoric ester groups is 1. The minimum absolute atomic E-state index is 0.0332. The number of ether oxygens (including phenoxy) is 2. The first kappa shape index (κ1) is 70.5. The third-order valence-electron chi connectivity index (χ3n) is 14.0. The summed E-state index contributed by atoms with van der Waals surface area (Å²) in [5.41, 5.74) is 0. The lowest BCUT2D eigenvalue weighted by atomic mass is 10.0. The van der Waals surface area contributed by atoms with Crippen molar-refractivity contribution in [1.82, 2.24) is 0 Å². The van der Waals surface area contributed by atoms with Crippen molar-refractivity contribution < 1.29 is 42.1 Å². The normalized spacial score (nSPS) is 13.4. The third kappa shape index (κ3) is 57.8. The fourth-order valence-corrected chi connectivity index (χ4v) is 9.87. The second-order valence-corrected chi connectivity index (χ2v) is 23.9. The maximum Gasteiger partial charge on any atom is 0.472 e. The lowest BCUT2D eigenvalue weighted by Crippen LogP contribution is -2.37. The zero-order valence-corrected chi connectivity index (χ0v) is 49.3. The molecule has 0 spiro atoms. The van der Waals surface area contributed by atoms with E-state index in [-0.39, 0.29) is 32.0 Å². The van der Waals surface area contributed by atoms with Crippen molar-refractivity contribution in [2.45, 2.75) is 315 Å². The van der Waals surface area contributed by atoms with E-state index in [0.717, 1.165) is 51.4 Å². The third-order valence-corrected chi connectivity index (χ3v) is 14.9. The van der Waals surface area contributed by atoms with E-state index >= 15 is 0 Å². The van der Waals surface area contributed by atoms with Crippen LogP contribution in [0, 0.1) is 0 Å². The van der Waals surface area contributed by atoms with E-state index in [1.807, 2.05) is 21.1 Å². The number of carbonyl (C=O) groups is 2. The van der Waals surface area contributed by atoms with Crippen LogP contribution < -0.4 is 0 Å². The summed E-state index contributed by atoms with van der Waals surface area (Å²) in [6, 6.07) is 0. The van der Waals surface area contributed by atoms with Crippen LogP contribution in [0.3, 0.4) is 0 Å². The Morgan fingerprint density at radius 2 is 0.708 bits per heavy atom. The molecule has 0 aliphatic heterocycles. The van der Waals surface area contributed by atoms with Gasteiger partial charge in [0.15, 0.2) is 6.10 Å². The number of likely N-dealkylation sites (N-methyl/N-ethyl adjacent to an activating group) is 1. The van der Waals surface area contributed by atoms with E-state index < -0.39 is 26.5 Å². The van der Waals surface area contributed by atoms with Gasteiger partial charge in [0.05, 0.1) is 27.7 Å². The van der Waals surface area contributed by atoms with Crippen LogP contribution in [-0.2, 0) is 32.7 Å². The number of quaternary nitrogens is 1. The van der Waals surface area contributed by atoms with Crippen LogP contribution in [0.4, 0.5) is 0 Å². The molecule has 0 aliphatic rings. The first-order chi connectivity index (χ1) is 35.0. The predicted molar refractivity (Wildman–Crippen MR) is 307 cm³/mol. The molecule has 0 amide bonds. The van der Waals surface area contributed by atoms with Gasteiger partial charge in [-0.2, -0.15) is 0 Å². The summed E-state index contributed by atoms with van der Waals surface area (Å²) in [6.07, 6.45) is 65.7. The van der Waals surface area contributed by atoms with Crippen molar-refractivity contribution in [2.75, 3.05) is 47.5 Å². The fourth-order valence-electron chi connectivity index (χ4n) is 9.13. The maximum atomic E-state index is 12.8. The molecule has 2 unspecified atom stereocenters. The van der Waals surface area contributed by atoms with Gasteiger partial charge in [0.1, 0.15) is 19.8 Å². The molecule has 2 atom stereocenters. The summed E-state index contributed by atoms with van der Waals surface area (Å²) in [5.74, 6) is -0.793.